The minimum Gasteiger partial charge on any atom is -0.366 e. The number of hydrogen-bond acceptors (Lipinski definition) is 5. The topological polar surface area (TPSA) is 77.6 Å². The molecular formula is C30H40N6O. The number of pyridine rings is 1. The van der Waals surface area contributed by atoms with Crippen molar-refractivity contribution in [3.63, 3.8) is 0 Å². The van der Waals surface area contributed by atoms with E-state index in [1.165, 1.54) is 35.7 Å². The van der Waals surface area contributed by atoms with E-state index in [2.05, 4.69) is 70.4 Å². The lowest BCUT2D eigenvalue weighted by molar-refractivity contribution is -0.122. The Morgan fingerprint density at radius 3 is 2.70 bits per heavy atom. The molecule has 0 fully saturated rings. The Bertz CT molecular complexity index is 1370. The standard InChI is InChI=1S/C18H25N3.C12H15N3O/c1-4-7-13(3)16(5-2)21-11-9-14-12-20-18-15(17(14)21)8-6-10-19-18;1-9(2)12(16)7-8-15-11-6-4-3-5-10(11)13-14-15/h6,8-9,11-13,16H,4-5,7,10H2,1-3H3,(H,19,20);3-6,9H,7-8H2,1-2H3. The molecule has 7 nitrogen and oxygen atoms in total. The van der Waals surface area contributed by atoms with Gasteiger partial charge in [-0.05, 0) is 37.0 Å². The van der Waals surface area contributed by atoms with Gasteiger partial charge in [-0.3, -0.25) is 4.79 Å². The van der Waals surface area contributed by atoms with Gasteiger partial charge in [-0.1, -0.05) is 70.5 Å². The van der Waals surface area contributed by atoms with E-state index in [1.54, 1.807) is 4.68 Å². The number of carbonyl (C=O) groups excluding carboxylic acids is 1. The molecular weight excluding hydrogens is 460 g/mol. The molecule has 1 aliphatic rings. The van der Waals surface area contributed by atoms with Gasteiger partial charge in [0.15, 0.2) is 0 Å². The van der Waals surface area contributed by atoms with Crippen LogP contribution in [0.15, 0.2) is 48.8 Å². The molecule has 4 heterocycles. The molecule has 0 bridgehead atoms. The highest BCUT2D eigenvalue weighted by Gasteiger charge is 2.21. The van der Waals surface area contributed by atoms with Crippen molar-refractivity contribution in [3.05, 3.63) is 54.4 Å². The highest BCUT2D eigenvalue weighted by atomic mass is 16.1. The summed E-state index contributed by atoms with van der Waals surface area (Å²) >= 11 is 0. The number of ketones is 1. The van der Waals surface area contributed by atoms with Gasteiger partial charge >= 0.3 is 0 Å². The minimum atomic E-state index is 0.0924. The van der Waals surface area contributed by atoms with E-state index in [0.717, 1.165) is 23.4 Å². The van der Waals surface area contributed by atoms with Crippen molar-refractivity contribution in [2.24, 2.45) is 11.8 Å². The predicted octanol–water partition coefficient (Wildman–Crippen LogP) is 6.91. The van der Waals surface area contributed by atoms with Gasteiger partial charge < -0.3 is 9.88 Å². The van der Waals surface area contributed by atoms with Crippen molar-refractivity contribution in [2.75, 3.05) is 11.9 Å². The van der Waals surface area contributed by atoms with Crippen LogP contribution < -0.4 is 5.32 Å². The maximum Gasteiger partial charge on any atom is 0.137 e. The summed E-state index contributed by atoms with van der Waals surface area (Å²) in [6, 6.07) is 10.5. The lowest BCUT2D eigenvalue weighted by atomic mass is 9.94. The number of benzene rings is 1. The van der Waals surface area contributed by atoms with Gasteiger partial charge in [0.1, 0.15) is 17.1 Å². The fourth-order valence-corrected chi connectivity index (χ4v) is 5.19. The first kappa shape index (κ1) is 26.6. The number of carbonyl (C=O) groups is 1. The SMILES string of the molecule is CC(C)C(=O)CCn1nnc2ccccc21.CCCC(C)C(CC)n1ccc2cnc3c(c21)C=CCN3. The summed E-state index contributed by atoms with van der Waals surface area (Å²) in [7, 11) is 0. The number of hydrogen-bond donors (Lipinski definition) is 1. The average molecular weight is 501 g/mol. The predicted molar refractivity (Wildman–Crippen MR) is 153 cm³/mol. The van der Waals surface area contributed by atoms with Gasteiger partial charge in [-0.15, -0.1) is 5.10 Å². The number of rotatable bonds is 9. The zero-order chi connectivity index (χ0) is 26.4. The van der Waals surface area contributed by atoms with Crippen LogP contribution in [0.5, 0.6) is 0 Å². The number of nitrogens with one attached hydrogen (secondary N) is 1. The third kappa shape index (κ3) is 5.92. The second kappa shape index (κ2) is 12.2. The van der Waals surface area contributed by atoms with Crippen LogP contribution in [0.2, 0.25) is 0 Å². The van der Waals surface area contributed by atoms with Crippen molar-refractivity contribution in [3.8, 4) is 0 Å². The lowest BCUT2D eigenvalue weighted by Crippen LogP contribution is -2.17. The first-order valence-electron chi connectivity index (χ1n) is 13.6. The number of para-hydroxylation sites is 1. The zero-order valence-electron chi connectivity index (χ0n) is 22.8. The molecule has 0 radical (unpaired) electrons. The smallest absolute Gasteiger partial charge is 0.137 e. The maximum atomic E-state index is 11.5. The second-order valence-corrected chi connectivity index (χ2v) is 10.2. The zero-order valence-corrected chi connectivity index (χ0v) is 22.8. The van der Waals surface area contributed by atoms with Crippen molar-refractivity contribution in [2.45, 2.75) is 72.9 Å². The molecule has 4 aromatic rings. The van der Waals surface area contributed by atoms with Crippen LogP contribution in [-0.4, -0.2) is 36.9 Å². The van der Waals surface area contributed by atoms with Crippen molar-refractivity contribution >= 4 is 39.6 Å². The van der Waals surface area contributed by atoms with Gasteiger partial charge in [0.2, 0.25) is 0 Å². The van der Waals surface area contributed by atoms with E-state index in [0.29, 0.717) is 24.9 Å². The normalized spacial score (nSPS) is 14.2. The van der Waals surface area contributed by atoms with E-state index in [-0.39, 0.29) is 11.7 Å². The van der Waals surface area contributed by atoms with Crippen LogP contribution in [0.3, 0.4) is 0 Å². The van der Waals surface area contributed by atoms with Crippen LogP contribution >= 0.6 is 0 Å². The molecule has 2 atom stereocenters. The summed E-state index contributed by atoms with van der Waals surface area (Å²) in [6.07, 6.45) is 12.8. The molecule has 0 saturated carbocycles. The molecule has 2 unspecified atom stereocenters. The molecule has 5 rings (SSSR count). The van der Waals surface area contributed by atoms with Crippen LogP contribution in [0.25, 0.3) is 28.0 Å². The Morgan fingerprint density at radius 1 is 1.14 bits per heavy atom. The number of nitrogens with zero attached hydrogens (tertiary/aromatic N) is 5. The Hall–Kier alpha value is -3.48. The fraction of sp³-hybridized carbons (Fsp3) is 0.467. The van der Waals surface area contributed by atoms with Gasteiger partial charge in [0, 0.05) is 48.3 Å². The minimum absolute atomic E-state index is 0.0924. The Labute approximate surface area is 220 Å². The monoisotopic (exact) mass is 500 g/mol. The summed E-state index contributed by atoms with van der Waals surface area (Å²) in [5, 5.41) is 12.7. The highest BCUT2D eigenvalue weighted by molar-refractivity contribution is 5.93. The van der Waals surface area contributed by atoms with E-state index < -0.39 is 0 Å². The fourth-order valence-electron chi connectivity index (χ4n) is 5.19. The van der Waals surface area contributed by atoms with Crippen molar-refractivity contribution in [1.29, 1.82) is 0 Å². The highest BCUT2D eigenvalue weighted by Crippen LogP contribution is 2.34. The Balaban J connectivity index is 0.000000180. The van der Waals surface area contributed by atoms with E-state index in [4.69, 9.17) is 0 Å². The Morgan fingerprint density at radius 2 is 1.95 bits per heavy atom. The van der Waals surface area contributed by atoms with E-state index in [9.17, 15) is 4.79 Å². The molecule has 1 aromatic carbocycles. The van der Waals surface area contributed by atoms with Crippen LogP contribution in [0.4, 0.5) is 5.82 Å². The first-order valence-corrected chi connectivity index (χ1v) is 13.6. The summed E-state index contributed by atoms with van der Waals surface area (Å²) in [6.45, 7) is 12.3. The van der Waals surface area contributed by atoms with Crippen LogP contribution in [0, 0.1) is 11.8 Å². The summed E-state index contributed by atoms with van der Waals surface area (Å²) in [5.74, 6) is 2.07. The largest absolute Gasteiger partial charge is 0.366 e. The summed E-state index contributed by atoms with van der Waals surface area (Å²) in [5.41, 5.74) is 4.43. The maximum absolute atomic E-state index is 11.5. The van der Waals surface area contributed by atoms with Crippen LogP contribution in [-0.2, 0) is 11.3 Å². The molecule has 1 aliphatic heterocycles. The molecule has 1 N–H and O–H groups in total. The van der Waals surface area contributed by atoms with E-state index in [1.807, 2.05) is 44.3 Å². The third-order valence-corrected chi connectivity index (χ3v) is 7.27. The summed E-state index contributed by atoms with van der Waals surface area (Å²) < 4.78 is 4.27. The molecule has 196 valence electrons. The van der Waals surface area contributed by atoms with Gasteiger partial charge in [-0.2, -0.15) is 0 Å². The molecule has 37 heavy (non-hydrogen) atoms. The first-order chi connectivity index (χ1) is 17.9. The van der Waals surface area contributed by atoms with Crippen LogP contribution in [0.1, 0.15) is 71.9 Å². The number of Topliss-reactive ketones (excluding diaryl/α,β-unsaturated/α-hetero) is 1. The van der Waals surface area contributed by atoms with E-state index >= 15 is 0 Å². The lowest BCUT2D eigenvalue weighted by Gasteiger charge is -2.26. The van der Waals surface area contributed by atoms with Crippen molar-refractivity contribution in [1.82, 2.24) is 24.5 Å². The second-order valence-electron chi connectivity index (χ2n) is 10.2. The van der Waals surface area contributed by atoms with Crippen molar-refractivity contribution < 1.29 is 4.79 Å². The number of aryl methyl sites for hydroxylation is 1. The molecule has 3 aromatic heterocycles. The molecule has 7 heteroatoms. The molecule has 0 saturated heterocycles. The number of fused-ring (bicyclic) bond motifs is 4. The summed E-state index contributed by atoms with van der Waals surface area (Å²) in [4.78, 5) is 16.1. The Kier molecular flexibility index (Phi) is 8.74. The average Bonchev–Trinajstić information content (AvgIpc) is 3.53. The van der Waals surface area contributed by atoms with Gasteiger partial charge in [0.05, 0.1) is 17.6 Å². The number of aromatic nitrogens is 5. The molecule has 0 spiro atoms. The number of anilines is 1. The quantitative estimate of drug-likeness (QED) is 0.270. The van der Waals surface area contributed by atoms with Gasteiger partial charge in [-0.25, -0.2) is 9.67 Å². The molecule has 0 amide bonds. The van der Waals surface area contributed by atoms with Gasteiger partial charge in [0.25, 0.3) is 0 Å². The third-order valence-electron chi connectivity index (χ3n) is 7.27. The molecule has 0 aliphatic carbocycles.